The van der Waals surface area contributed by atoms with E-state index >= 15 is 0 Å². The number of benzene rings is 2. The number of piperazine rings is 1. The number of β-amino-alcohol motifs (C(OH)–C–C–N with tert-alkyl or cyclic N) is 1. The van der Waals surface area contributed by atoms with Crippen molar-refractivity contribution in [1.29, 1.82) is 0 Å². The van der Waals surface area contributed by atoms with Crippen molar-refractivity contribution in [3.8, 4) is 5.75 Å². The zero-order valence-corrected chi connectivity index (χ0v) is 18.3. The van der Waals surface area contributed by atoms with Gasteiger partial charge in [-0.3, -0.25) is 9.69 Å². The maximum absolute atomic E-state index is 12.5. The quantitative estimate of drug-likeness (QED) is 0.281. The van der Waals surface area contributed by atoms with Crippen molar-refractivity contribution < 1.29 is 19.6 Å². The number of hydrogen-bond acceptors (Lipinski definition) is 7. The molecule has 1 aliphatic rings. The van der Waals surface area contributed by atoms with Gasteiger partial charge in [-0.25, -0.2) is 0 Å². The van der Waals surface area contributed by atoms with Crippen molar-refractivity contribution in [2.45, 2.75) is 6.10 Å². The third kappa shape index (κ3) is 4.30. The average molecular weight is 464 g/mol. The fraction of sp³-hybridized carbons (Fsp3) is 0.304. The van der Waals surface area contributed by atoms with Crippen LogP contribution in [0.4, 0.5) is 5.82 Å². The van der Waals surface area contributed by atoms with Crippen LogP contribution in [0, 0.1) is 10.1 Å². The van der Waals surface area contributed by atoms with Crippen LogP contribution in [0.1, 0.15) is 10.5 Å². The number of aliphatic hydroxyl groups is 1. The first-order valence-electron chi connectivity index (χ1n) is 11.0. The number of rotatable bonds is 7. The number of aromatic amines is 2. The summed E-state index contributed by atoms with van der Waals surface area (Å²) in [7, 11) is 0. The highest BCUT2D eigenvalue weighted by molar-refractivity contribution is 6.10. The van der Waals surface area contributed by atoms with Crippen molar-refractivity contribution >= 4 is 33.5 Å². The third-order valence-corrected chi connectivity index (χ3v) is 6.03. The summed E-state index contributed by atoms with van der Waals surface area (Å²) >= 11 is 0. The lowest BCUT2D eigenvalue weighted by molar-refractivity contribution is -0.389. The van der Waals surface area contributed by atoms with Crippen LogP contribution in [-0.4, -0.2) is 86.4 Å². The van der Waals surface area contributed by atoms with Crippen LogP contribution in [0.2, 0.25) is 0 Å². The van der Waals surface area contributed by atoms with E-state index in [-0.39, 0.29) is 24.0 Å². The number of ether oxygens (including phenoxy) is 1. The van der Waals surface area contributed by atoms with Gasteiger partial charge in [0.1, 0.15) is 18.5 Å². The van der Waals surface area contributed by atoms with Crippen molar-refractivity contribution in [2.75, 3.05) is 39.3 Å². The van der Waals surface area contributed by atoms with Gasteiger partial charge in [0.2, 0.25) is 0 Å². The number of aromatic nitrogens is 3. The Balaban J connectivity index is 1.15. The third-order valence-electron chi connectivity index (χ3n) is 6.03. The molecule has 1 unspecified atom stereocenters. The number of carbonyl (C=O) groups is 1. The second-order valence-electron chi connectivity index (χ2n) is 8.30. The van der Waals surface area contributed by atoms with Gasteiger partial charge in [-0.2, -0.15) is 0 Å². The van der Waals surface area contributed by atoms with Gasteiger partial charge in [0.05, 0.1) is 11.6 Å². The van der Waals surface area contributed by atoms with Gasteiger partial charge in [-0.05, 0) is 23.1 Å². The maximum Gasteiger partial charge on any atom is 0.343 e. The van der Waals surface area contributed by atoms with Crippen LogP contribution in [0.5, 0.6) is 5.75 Å². The highest BCUT2D eigenvalue weighted by Crippen LogP contribution is 2.33. The molecule has 1 amide bonds. The molecule has 34 heavy (non-hydrogen) atoms. The molecule has 0 spiro atoms. The zero-order chi connectivity index (χ0) is 23.7. The molecule has 11 nitrogen and oxygen atoms in total. The predicted molar refractivity (Wildman–Crippen MR) is 125 cm³/mol. The van der Waals surface area contributed by atoms with Gasteiger partial charge in [-0.1, -0.05) is 29.4 Å². The van der Waals surface area contributed by atoms with E-state index in [1.54, 1.807) is 4.90 Å². The van der Waals surface area contributed by atoms with Gasteiger partial charge in [-0.15, -0.1) is 5.10 Å². The van der Waals surface area contributed by atoms with Crippen LogP contribution in [0.3, 0.4) is 0 Å². The molecule has 5 rings (SSSR count). The fourth-order valence-corrected chi connectivity index (χ4v) is 4.34. The molecule has 3 heterocycles. The minimum absolute atomic E-state index is 0.0278. The Morgan fingerprint density at radius 1 is 1.15 bits per heavy atom. The second-order valence-corrected chi connectivity index (χ2v) is 8.30. The highest BCUT2D eigenvalue weighted by atomic mass is 16.6. The average Bonchev–Trinajstić information content (AvgIpc) is 3.48. The first-order chi connectivity index (χ1) is 16.5. The molecule has 2 aromatic carbocycles. The van der Waals surface area contributed by atoms with Crippen LogP contribution in [0.15, 0.2) is 48.5 Å². The molecule has 4 aromatic rings. The van der Waals surface area contributed by atoms with E-state index in [0.717, 1.165) is 33.6 Å². The Hall–Kier alpha value is -3.96. The smallest absolute Gasteiger partial charge is 0.343 e. The summed E-state index contributed by atoms with van der Waals surface area (Å²) in [5.41, 5.74) is 2.04. The number of para-hydroxylation sites is 1. The zero-order valence-electron chi connectivity index (χ0n) is 18.3. The minimum atomic E-state index is -0.697. The van der Waals surface area contributed by atoms with E-state index in [4.69, 9.17) is 4.74 Å². The molecule has 1 aliphatic heterocycles. The summed E-state index contributed by atoms with van der Waals surface area (Å²) in [5.74, 6) is 0.0608. The number of H-pyrrole nitrogens is 2. The number of nitrogens with one attached hydrogen (secondary N) is 2. The lowest BCUT2D eigenvalue weighted by Crippen LogP contribution is -2.51. The van der Waals surface area contributed by atoms with E-state index in [0.29, 0.717) is 32.7 Å². The molecule has 1 atom stereocenters. The van der Waals surface area contributed by atoms with Gasteiger partial charge < -0.3 is 29.8 Å². The molecular formula is C23H24N6O5. The van der Waals surface area contributed by atoms with E-state index in [2.05, 4.69) is 20.1 Å². The highest BCUT2D eigenvalue weighted by Gasteiger charge is 2.26. The molecular weight excluding hydrogens is 440 g/mol. The van der Waals surface area contributed by atoms with E-state index in [9.17, 15) is 20.0 Å². The van der Waals surface area contributed by atoms with Crippen LogP contribution in [0.25, 0.3) is 21.8 Å². The minimum Gasteiger partial charge on any atom is -0.490 e. The first kappa shape index (κ1) is 21.9. The topological polar surface area (TPSA) is 141 Å². The molecule has 0 radical (unpaired) electrons. The number of hydrogen-bond donors (Lipinski definition) is 3. The number of amides is 1. The largest absolute Gasteiger partial charge is 0.490 e. The Bertz CT molecular complexity index is 1340. The van der Waals surface area contributed by atoms with Gasteiger partial charge in [0.15, 0.2) is 5.69 Å². The Morgan fingerprint density at radius 2 is 1.91 bits per heavy atom. The SMILES string of the molecule is O=C(c1cc([N+](=O)[O-])[nH]n1)N1CCN(CC(O)COc2cccc3[nH]c4ccccc4c23)CC1. The summed E-state index contributed by atoms with van der Waals surface area (Å²) in [4.78, 5) is 29.7. The number of aliphatic hydroxyl groups excluding tert-OH is 1. The van der Waals surface area contributed by atoms with Gasteiger partial charge >= 0.3 is 5.82 Å². The van der Waals surface area contributed by atoms with Crippen molar-refractivity contribution in [3.05, 3.63) is 64.3 Å². The van der Waals surface area contributed by atoms with Crippen molar-refractivity contribution in [2.24, 2.45) is 0 Å². The normalized spacial score (nSPS) is 15.6. The van der Waals surface area contributed by atoms with E-state index in [1.165, 1.54) is 0 Å². The fourth-order valence-electron chi connectivity index (χ4n) is 4.34. The first-order valence-corrected chi connectivity index (χ1v) is 11.0. The number of carbonyl (C=O) groups excluding carboxylic acids is 1. The molecule has 0 bridgehead atoms. The summed E-state index contributed by atoms with van der Waals surface area (Å²) in [6, 6.07) is 15.0. The lowest BCUT2D eigenvalue weighted by atomic mass is 10.1. The van der Waals surface area contributed by atoms with Crippen molar-refractivity contribution in [1.82, 2.24) is 25.0 Å². The van der Waals surface area contributed by atoms with Crippen molar-refractivity contribution in [3.63, 3.8) is 0 Å². The molecule has 176 valence electrons. The number of nitrogens with zero attached hydrogens (tertiary/aromatic N) is 4. The van der Waals surface area contributed by atoms with Gasteiger partial charge in [0.25, 0.3) is 5.91 Å². The molecule has 1 saturated heterocycles. The molecule has 11 heteroatoms. The summed E-state index contributed by atoms with van der Waals surface area (Å²) in [5, 5.41) is 29.4. The second kappa shape index (κ2) is 9.12. The van der Waals surface area contributed by atoms with Gasteiger partial charge in [0, 0.05) is 49.0 Å². The summed E-state index contributed by atoms with van der Waals surface area (Å²) in [6.07, 6.45) is -0.697. The Kier molecular flexibility index (Phi) is 5.86. The summed E-state index contributed by atoms with van der Waals surface area (Å²) in [6.45, 7) is 2.61. The number of fused-ring (bicyclic) bond motifs is 3. The molecule has 1 fully saturated rings. The maximum atomic E-state index is 12.5. The van der Waals surface area contributed by atoms with Crippen LogP contribution >= 0.6 is 0 Å². The number of nitro groups is 1. The Morgan fingerprint density at radius 3 is 2.68 bits per heavy atom. The monoisotopic (exact) mass is 464 g/mol. The lowest BCUT2D eigenvalue weighted by Gasteiger charge is -2.35. The summed E-state index contributed by atoms with van der Waals surface area (Å²) < 4.78 is 6.00. The van der Waals surface area contributed by atoms with Crippen LogP contribution < -0.4 is 4.74 Å². The standard InChI is InChI=1S/C23H24N6O5/c30-15(14-34-20-7-3-6-18-22(20)16-4-1-2-5-17(16)24-18)13-27-8-10-28(11-9-27)23(31)19-12-21(26-25-19)29(32)33/h1-7,12,15,24,30H,8-11,13-14H2,(H,25,26). The Labute approximate surface area is 194 Å². The van der Waals surface area contributed by atoms with E-state index < -0.39 is 11.0 Å². The molecule has 0 aliphatic carbocycles. The molecule has 0 saturated carbocycles. The molecule has 3 N–H and O–H groups in total. The molecule has 2 aromatic heterocycles. The van der Waals surface area contributed by atoms with Crippen LogP contribution in [-0.2, 0) is 0 Å². The van der Waals surface area contributed by atoms with E-state index in [1.807, 2.05) is 42.5 Å². The predicted octanol–water partition coefficient (Wildman–Crippen LogP) is 2.15.